The van der Waals surface area contributed by atoms with E-state index < -0.39 is 5.97 Å². The predicted octanol–water partition coefficient (Wildman–Crippen LogP) is 5.45. The molecule has 1 aromatic carbocycles. The average molecular weight is 436 g/mol. The van der Waals surface area contributed by atoms with Gasteiger partial charge in [0.2, 0.25) is 5.91 Å². The van der Waals surface area contributed by atoms with E-state index >= 15 is 0 Å². The van der Waals surface area contributed by atoms with Crippen molar-refractivity contribution >= 4 is 40.5 Å². The molecule has 1 aromatic heterocycles. The first-order valence-corrected chi connectivity index (χ1v) is 11.1. The molecule has 156 valence electrons. The molecule has 0 unspecified atom stereocenters. The van der Waals surface area contributed by atoms with Crippen LogP contribution in [0.25, 0.3) is 10.4 Å². The van der Waals surface area contributed by atoms with Crippen molar-refractivity contribution in [2.45, 2.75) is 58.1 Å². The van der Waals surface area contributed by atoms with Gasteiger partial charge in [-0.25, -0.2) is 4.79 Å². The van der Waals surface area contributed by atoms with Crippen molar-refractivity contribution in [3.05, 3.63) is 40.2 Å². The molecule has 1 aliphatic rings. The van der Waals surface area contributed by atoms with Gasteiger partial charge in [0, 0.05) is 22.4 Å². The molecule has 2 aromatic rings. The summed E-state index contributed by atoms with van der Waals surface area (Å²) < 4.78 is 0. The van der Waals surface area contributed by atoms with Crippen molar-refractivity contribution in [2.75, 3.05) is 4.90 Å². The third kappa shape index (κ3) is 5.18. The lowest BCUT2D eigenvalue weighted by Crippen LogP contribution is -2.44. The van der Waals surface area contributed by atoms with E-state index in [0.717, 1.165) is 10.4 Å². The van der Waals surface area contributed by atoms with Gasteiger partial charge in [0.05, 0.1) is 11.8 Å². The molecule has 1 fully saturated rings. The molecule has 0 atom stereocenters. The van der Waals surface area contributed by atoms with Crippen LogP contribution in [0.2, 0.25) is 5.02 Å². The molecule has 1 saturated carbocycles. The monoisotopic (exact) mass is 435 g/mol. The van der Waals surface area contributed by atoms with Crippen LogP contribution in [-0.4, -0.2) is 34.2 Å². The molecule has 0 radical (unpaired) electrons. The number of hydrogen-bond acceptors (Lipinski definition) is 4. The molecule has 0 spiro atoms. The second-order valence-electron chi connectivity index (χ2n) is 7.96. The standard InChI is InChI=1S/C22H26ClNO4S/c1-13(2)11-20(26)24(16-7-9-17(25)10-8-16)18-12-19(29-21(18)22(27)28)14-3-5-15(23)6-4-14/h3-6,12-13,16-17,25H,7-11H2,1-2H3,(H,27,28). The highest BCUT2D eigenvalue weighted by molar-refractivity contribution is 7.18. The minimum atomic E-state index is -1.04. The predicted molar refractivity (Wildman–Crippen MR) is 117 cm³/mol. The summed E-state index contributed by atoms with van der Waals surface area (Å²) in [5.41, 5.74) is 1.32. The number of carbonyl (C=O) groups is 2. The van der Waals surface area contributed by atoms with Crippen molar-refractivity contribution in [2.24, 2.45) is 5.92 Å². The maximum atomic E-state index is 13.2. The summed E-state index contributed by atoms with van der Waals surface area (Å²) in [5.74, 6) is -0.936. The highest BCUT2D eigenvalue weighted by atomic mass is 35.5. The Bertz CT molecular complexity index is 869. The number of anilines is 1. The lowest BCUT2D eigenvalue weighted by Gasteiger charge is -2.36. The maximum Gasteiger partial charge on any atom is 0.348 e. The third-order valence-corrected chi connectivity index (χ3v) is 6.59. The molecular weight excluding hydrogens is 410 g/mol. The van der Waals surface area contributed by atoms with E-state index in [1.807, 2.05) is 26.0 Å². The molecular formula is C22H26ClNO4S. The Morgan fingerprint density at radius 2 is 1.79 bits per heavy atom. The molecule has 7 heteroatoms. The largest absolute Gasteiger partial charge is 0.477 e. The second-order valence-corrected chi connectivity index (χ2v) is 9.45. The van der Waals surface area contributed by atoms with E-state index in [9.17, 15) is 19.8 Å². The Balaban J connectivity index is 2.04. The van der Waals surface area contributed by atoms with Gasteiger partial charge in [-0.05, 0) is 55.4 Å². The normalized spacial score (nSPS) is 19.3. The highest BCUT2D eigenvalue weighted by Gasteiger charge is 2.33. The summed E-state index contributed by atoms with van der Waals surface area (Å²) in [7, 11) is 0. The quantitative estimate of drug-likeness (QED) is 0.632. The van der Waals surface area contributed by atoms with Crippen molar-refractivity contribution in [1.29, 1.82) is 0 Å². The van der Waals surface area contributed by atoms with Crippen molar-refractivity contribution in [3.63, 3.8) is 0 Å². The van der Waals surface area contributed by atoms with Gasteiger partial charge in [-0.15, -0.1) is 11.3 Å². The number of aromatic carboxylic acids is 1. The number of halogens is 1. The Labute approximate surface area is 179 Å². The van der Waals surface area contributed by atoms with Gasteiger partial charge in [-0.2, -0.15) is 0 Å². The minimum Gasteiger partial charge on any atom is -0.477 e. The number of amides is 1. The zero-order valence-corrected chi connectivity index (χ0v) is 18.2. The first-order valence-electron chi connectivity index (χ1n) is 9.89. The smallest absolute Gasteiger partial charge is 0.348 e. The Kier molecular flexibility index (Phi) is 6.98. The van der Waals surface area contributed by atoms with Gasteiger partial charge in [0.25, 0.3) is 0 Å². The van der Waals surface area contributed by atoms with E-state index in [0.29, 0.717) is 42.8 Å². The van der Waals surface area contributed by atoms with Crippen LogP contribution < -0.4 is 4.90 Å². The van der Waals surface area contributed by atoms with E-state index in [1.54, 1.807) is 23.1 Å². The molecule has 3 rings (SSSR count). The van der Waals surface area contributed by atoms with E-state index in [2.05, 4.69) is 0 Å². The lowest BCUT2D eigenvalue weighted by molar-refractivity contribution is -0.120. The number of aliphatic hydroxyl groups excluding tert-OH is 1. The van der Waals surface area contributed by atoms with Crippen LogP contribution in [-0.2, 0) is 4.79 Å². The number of carbonyl (C=O) groups excluding carboxylic acids is 1. The number of thiophene rings is 1. The van der Waals surface area contributed by atoms with Gasteiger partial charge < -0.3 is 15.1 Å². The first kappa shape index (κ1) is 21.8. The molecule has 5 nitrogen and oxygen atoms in total. The van der Waals surface area contributed by atoms with Gasteiger partial charge in [0.15, 0.2) is 0 Å². The molecule has 2 N–H and O–H groups in total. The van der Waals surface area contributed by atoms with Crippen molar-refractivity contribution < 1.29 is 19.8 Å². The summed E-state index contributed by atoms with van der Waals surface area (Å²) in [6.45, 7) is 3.96. The molecule has 0 saturated heterocycles. The molecule has 1 heterocycles. The Hall–Kier alpha value is -1.89. The Morgan fingerprint density at radius 3 is 2.34 bits per heavy atom. The fourth-order valence-electron chi connectivity index (χ4n) is 3.77. The van der Waals surface area contributed by atoms with E-state index in [4.69, 9.17) is 11.6 Å². The highest BCUT2D eigenvalue weighted by Crippen LogP contribution is 2.40. The molecule has 1 aliphatic carbocycles. The van der Waals surface area contributed by atoms with Gasteiger partial charge in [-0.3, -0.25) is 4.79 Å². The SMILES string of the molecule is CC(C)CC(=O)N(c1cc(-c2ccc(Cl)cc2)sc1C(=O)O)C1CCC(O)CC1. The van der Waals surface area contributed by atoms with E-state index in [1.165, 1.54) is 11.3 Å². The topological polar surface area (TPSA) is 77.8 Å². The maximum absolute atomic E-state index is 13.2. The number of benzene rings is 1. The minimum absolute atomic E-state index is 0.0654. The van der Waals surface area contributed by atoms with Crippen LogP contribution in [0.3, 0.4) is 0 Å². The summed E-state index contributed by atoms with van der Waals surface area (Å²) in [6.07, 6.45) is 2.56. The summed E-state index contributed by atoms with van der Waals surface area (Å²) in [6, 6.07) is 8.93. The number of carboxylic acids is 1. The van der Waals surface area contributed by atoms with Crippen LogP contribution in [0.15, 0.2) is 30.3 Å². The van der Waals surface area contributed by atoms with Crippen molar-refractivity contribution in [3.8, 4) is 10.4 Å². The molecule has 29 heavy (non-hydrogen) atoms. The zero-order valence-electron chi connectivity index (χ0n) is 16.6. The zero-order chi connectivity index (χ0) is 21.1. The third-order valence-electron chi connectivity index (χ3n) is 5.18. The van der Waals surface area contributed by atoms with Crippen LogP contribution >= 0.6 is 22.9 Å². The molecule has 0 bridgehead atoms. The fraction of sp³-hybridized carbons (Fsp3) is 0.455. The molecule has 1 amide bonds. The van der Waals surface area contributed by atoms with Crippen LogP contribution in [0, 0.1) is 5.92 Å². The first-order chi connectivity index (χ1) is 13.8. The van der Waals surface area contributed by atoms with Crippen LogP contribution in [0.1, 0.15) is 55.6 Å². The van der Waals surface area contributed by atoms with E-state index in [-0.39, 0.29) is 28.8 Å². The number of hydrogen-bond donors (Lipinski definition) is 2. The number of aliphatic hydroxyl groups is 1. The fourth-order valence-corrected chi connectivity index (χ4v) is 4.89. The van der Waals surface area contributed by atoms with Gasteiger partial charge >= 0.3 is 5.97 Å². The number of nitrogens with zero attached hydrogens (tertiary/aromatic N) is 1. The lowest BCUT2D eigenvalue weighted by atomic mass is 9.91. The van der Waals surface area contributed by atoms with Crippen LogP contribution in [0.5, 0.6) is 0 Å². The summed E-state index contributed by atoms with van der Waals surface area (Å²) >= 11 is 7.15. The van der Waals surface area contributed by atoms with Gasteiger partial charge in [0.1, 0.15) is 4.88 Å². The summed E-state index contributed by atoms with van der Waals surface area (Å²) in [5, 5.41) is 20.3. The van der Waals surface area contributed by atoms with Gasteiger partial charge in [-0.1, -0.05) is 37.6 Å². The van der Waals surface area contributed by atoms with Crippen LogP contribution in [0.4, 0.5) is 5.69 Å². The molecule has 0 aliphatic heterocycles. The summed E-state index contributed by atoms with van der Waals surface area (Å²) in [4.78, 5) is 27.8. The average Bonchev–Trinajstić information content (AvgIpc) is 3.08. The second kappa shape index (κ2) is 9.28. The number of carboxylic acid groups (broad SMARTS) is 1. The number of rotatable bonds is 6. The Morgan fingerprint density at radius 1 is 1.17 bits per heavy atom. The van der Waals surface area contributed by atoms with Crippen molar-refractivity contribution in [1.82, 2.24) is 0 Å².